The van der Waals surface area contributed by atoms with Gasteiger partial charge in [-0.2, -0.15) is 0 Å². The van der Waals surface area contributed by atoms with E-state index in [1.54, 1.807) is 0 Å². The van der Waals surface area contributed by atoms with Crippen LogP contribution in [0.25, 0.3) is 0 Å². The van der Waals surface area contributed by atoms with E-state index >= 15 is 0 Å². The molecule has 9 heteroatoms. The maximum Gasteiger partial charge on any atom is 0.328 e. The number of aliphatic imine (C=N–C) groups is 1. The van der Waals surface area contributed by atoms with Crippen LogP contribution in [0.3, 0.4) is 0 Å². The monoisotopic (exact) mass is 449 g/mol. The SMILES string of the molecule is COC(=O)[C@H](Cc1ccc(C#Cc2ccccc2)cc1)NC(=O)CNC(=O)[C@@H](C)N=C(N)N. The van der Waals surface area contributed by atoms with E-state index in [-0.39, 0.29) is 18.9 Å². The highest BCUT2D eigenvalue weighted by Gasteiger charge is 2.22. The standard InChI is InChI=1S/C24H27N5O4/c1-16(28-24(25)26)22(31)27-15-21(30)29-20(23(32)33-2)14-19-12-10-18(11-13-19)9-8-17-6-4-3-5-7-17/h3-7,10-13,16,20H,14-15H2,1-2H3,(H,27,31)(H,29,30)(H4,25,26,28)/t16-,20+/m1/s1. The van der Waals surface area contributed by atoms with E-state index in [2.05, 4.69) is 27.5 Å². The number of esters is 1. The molecule has 0 fully saturated rings. The number of hydrogen-bond acceptors (Lipinski definition) is 5. The molecule has 33 heavy (non-hydrogen) atoms. The average molecular weight is 450 g/mol. The summed E-state index contributed by atoms with van der Waals surface area (Å²) in [4.78, 5) is 40.0. The van der Waals surface area contributed by atoms with Crippen molar-refractivity contribution in [2.45, 2.75) is 25.4 Å². The van der Waals surface area contributed by atoms with Gasteiger partial charge in [-0.15, -0.1) is 0 Å². The molecule has 0 saturated carbocycles. The molecule has 2 aromatic rings. The molecule has 172 valence electrons. The fraction of sp³-hybridized carbons (Fsp3) is 0.250. The second kappa shape index (κ2) is 12.5. The molecule has 2 amide bonds. The van der Waals surface area contributed by atoms with Crippen molar-refractivity contribution in [1.29, 1.82) is 0 Å². The number of hydrogen-bond donors (Lipinski definition) is 4. The Balaban J connectivity index is 1.96. The third kappa shape index (κ3) is 8.75. The van der Waals surface area contributed by atoms with E-state index in [0.29, 0.717) is 0 Å². The van der Waals surface area contributed by atoms with Crippen molar-refractivity contribution in [2.75, 3.05) is 13.7 Å². The molecule has 0 aliphatic heterocycles. The Hall–Kier alpha value is -4.32. The normalized spacial score (nSPS) is 11.7. The van der Waals surface area contributed by atoms with Crippen LogP contribution in [0.5, 0.6) is 0 Å². The van der Waals surface area contributed by atoms with Gasteiger partial charge in [0.15, 0.2) is 5.96 Å². The van der Waals surface area contributed by atoms with Crippen LogP contribution in [0, 0.1) is 11.8 Å². The Bertz CT molecular complexity index is 1050. The van der Waals surface area contributed by atoms with Gasteiger partial charge in [-0.25, -0.2) is 9.79 Å². The molecule has 0 spiro atoms. The van der Waals surface area contributed by atoms with Gasteiger partial charge in [-0.3, -0.25) is 9.59 Å². The van der Waals surface area contributed by atoms with Gasteiger partial charge >= 0.3 is 5.97 Å². The van der Waals surface area contributed by atoms with E-state index in [1.165, 1.54) is 14.0 Å². The zero-order valence-electron chi connectivity index (χ0n) is 18.5. The third-order valence-corrected chi connectivity index (χ3v) is 4.48. The van der Waals surface area contributed by atoms with Gasteiger partial charge < -0.3 is 26.8 Å². The molecule has 2 aromatic carbocycles. The largest absolute Gasteiger partial charge is 0.467 e. The first kappa shape index (κ1) is 24.9. The van der Waals surface area contributed by atoms with Crippen molar-refractivity contribution in [3.8, 4) is 11.8 Å². The van der Waals surface area contributed by atoms with Gasteiger partial charge in [0.05, 0.1) is 13.7 Å². The van der Waals surface area contributed by atoms with Crippen molar-refractivity contribution in [1.82, 2.24) is 10.6 Å². The molecule has 0 aliphatic rings. The van der Waals surface area contributed by atoms with Crippen LogP contribution in [-0.2, 0) is 25.5 Å². The van der Waals surface area contributed by atoms with Crippen LogP contribution in [0.15, 0.2) is 59.6 Å². The van der Waals surface area contributed by atoms with E-state index in [1.807, 2.05) is 54.6 Å². The fourth-order valence-corrected chi connectivity index (χ4v) is 2.80. The molecule has 2 rings (SSSR count). The molecule has 2 atom stereocenters. The molecule has 0 aromatic heterocycles. The van der Waals surface area contributed by atoms with E-state index in [4.69, 9.17) is 16.2 Å². The first-order valence-electron chi connectivity index (χ1n) is 10.2. The smallest absolute Gasteiger partial charge is 0.328 e. The summed E-state index contributed by atoms with van der Waals surface area (Å²) in [5.74, 6) is 4.24. The van der Waals surface area contributed by atoms with Crippen LogP contribution in [-0.4, -0.2) is 49.5 Å². The van der Waals surface area contributed by atoms with E-state index in [9.17, 15) is 14.4 Å². The van der Waals surface area contributed by atoms with Gasteiger partial charge in [0.1, 0.15) is 12.1 Å². The number of carbonyl (C=O) groups excluding carboxylic acids is 3. The van der Waals surface area contributed by atoms with E-state index < -0.39 is 29.9 Å². The van der Waals surface area contributed by atoms with Crippen LogP contribution < -0.4 is 22.1 Å². The maximum atomic E-state index is 12.3. The molecule has 0 saturated heterocycles. The van der Waals surface area contributed by atoms with E-state index in [0.717, 1.165) is 16.7 Å². The minimum atomic E-state index is -0.921. The predicted molar refractivity (Wildman–Crippen MR) is 125 cm³/mol. The van der Waals surface area contributed by atoms with Crippen LogP contribution in [0.4, 0.5) is 0 Å². The second-order valence-electron chi connectivity index (χ2n) is 7.11. The molecule has 0 unspecified atom stereocenters. The van der Waals surface area contributed by atoms with Crippen molar-refractivity contribution < 1.29 is 19.1 Å². The molecule has 0 heterocycles. The number of nitrogens with two attached hydrogens (primary N) is 2. The molecule has 0 radical (unpaired) electrons. The summed E-state index contributed by atoms with van der Waals surface area (Å²) in [5.41, 5.74) is 13.0. The number of nitrogens with one attached hydrogen (secondary N) is 2. The number of guanidine groups is 1. The lowest BCUT2D eigenvalue weighted by atomic mass is 10.0. The van der Waals surface area contributed by atoms with Gasteiger partial charge in [0.25, 0.3) is 0 Å². The van der Waals surface area contributed by atoms with Gasteiger partial charge in [-0.1, -0.05) is 42.2 Å². The highest BCUT2D eigenvalue weighted by Crippen LogP contribution is 2.08. The zero-order valence-corrected chi connectivity index (χ0v) is 18.5. The summed E-state index contributed by atoms with van der Waals surface area (Å²) < 4.78 is 4.80. The van der Waals surface area contributed by atoms with Crippen LogP contribution >= 0.6 is 0 Å². The number of amides is 2. The molecular formula is C24H27N5O4. The quantitative estimate of drug-likeness (QED) is 0.194. The first-order chi connectivity index (χ1) is 15.8. The van der Waals surface area contributed by atoms with Gasteiger partial charge in [-0.05, 0) is 36.8 Å². The van der Waals surface area contributed by atoms with Gasteiger partial charge in [0, 0.05) is 17.5 Å². The summed E-state index contributed by atoms with van der Waals surface area (Å²) in [7, 11) is 1.24. The van der Waals surface area contributed by atoms with Gasteiger partial charge in [0.2, 0.25) is 11.8 Å². The van der Waals surface area contributed by atoms with Crippen molar-refractivity contribution >= 4 is 23.7 Å². The topological polar surface area (TPSA) is 149 Å². The highest BCUT2D eigenvalue weighted by atomic mass is 16.5. The lowest BCUT2D eigenvalue weighted by Gasteiger charge is -2.17. The highest BCUT2D eigenvalue weighted by molar-refractivity contribution is 5.90. The number of carbonyl (C=O) groups is 3. The maximum absolute atomic E-state index is 12.3. The van der Waals surface area contributed by atoms with Crippen LogP contribution in [0.2, 0.25) is 0 Å². The summed E-state index contributed by atoms with van der Waals surface area (Å²) in [5, 5.41) is 4.98. The third-order valence-electron chi connectivity index (χ3n) is 4.48. The molecular weight excluding hydrogens is 422 g/mol. The summed E-state index contributed by atoms with van der Waals surface area (Å²) in [6.07, 6.45) is 0.211. The fourth-order valence-electron chi connectivity index (χ4n) is 2.80. The summed E-state index contributed by atoms with van der Waals surface area (Å²) in [6, 6.07) is 15.2. The summed E-state index contributed by atoms with van der Waals surface area (Å²) in [6.45, 7) is 1.14. The Kier molecular flexibility index (Phi) is 9.46. The number of benzene rings is 2. The minimum Gasteiger partial charge on any atom is -0.467 e. The molecule has 0 bridgehead atoms. The minimum absolute atomic E-state index is 0.211. The number of rotatable bonds is 8. The Morgan fingerprint density at radius 2 is 1.61 bits per heavy atom. The average Bonchev–Trinajstić information content (AvgIpc) is 2.81. The Labute approximate surface area is 192 Å². The van der Waals surface area contributed by atoms with Crippen molar-refractivity contribution in [3.63, 3.8) is 0 Å². The zero-order chi connectivity index (χ0) is 24.2. The first-order valence-corrected chi connectivity index (χ1v) is 10.2. The number of methoxy groups -OCH3 is 1. The van der Waals surface area contributed by atoms with Crippen molar-refractivity contribution in [3.05, 3.63) is 71.3 Å². The van der Waals surface area contributed by atoms with Crippen LogP contribution in [0.1, 0.15) is 23.6 Å². The molecule has 9 nitrogen and oxygen atoms in total. The Morgan fingerprint density at radius 1 is 1.00 bits per heavy atom. The number of ether oxygens (including phenoxy) is 1. The lowest BCUT2D eigenvalue weighted by Crippen LogP contribution is -2.48. The lowest BCUT2D eigenvalue weighted by molar-refractivity contribution is -0.145. The second-order valence-corrected chi connectivity index (χ2v) is 7.11. The number of nitrogens with zero attached hydrogens (tertiary/aromatic N) is 1. The Morgan fingerprint density at radius 3 is 2.18 bits per heavy atom. The summed E-state index contributed by atoms with van der Waals surface area (Å²) >= 11 is 0. The predicted octanol–water partition coefficient (Wildman–Crippen LogP) is 0.0648. The van der Waals surface area contributed by atoms with Crippen molar-refractivity contribution in [2.24, 2.45) is 16.5 Å². The molecule has 0 aliphatic carbocycles. The molecule has 6 N–H and O–H groups in total.